The van der Waals surface area contributed by atoms with Crippen molar-refractivity contribution >= 4 is 5.84 Å². The van der Waals surface area contributed by atoms with E-state index in [4.69, 9.17) is 0 Å². The highest BCUT2D eigenvalue weighted by Gasteiger charge is 2.11. The molecule has 2 nitrogen and oxygen atoms in total. The lowest BCUT2D eigenvalue weighted by atomic mass is 10.1. The van der Waals surface area contributed by atoms with Crippen molar-refractivity contribution in [2.75, 3.05) is 20.1 Å². The molecule has 1 heterocycles. The van der Waals surface area contributed by atoms with E-state index in [0.717, 1.165) is 18.9 Å². The van der Waals surface area contributed by atoms with Gasteiger partial charge in [0.2, 0.25) is 0 Å². The van der Waals surface area contributed by atoms with E-state index in [-0.39, 0.29) is 0 Å². The summed E-state index contributed by atoms with van der Waals surface area (Å²) in [5.41, 5.74) is 1.23. The Morgan fingerprint density at radius 2 is 2.00 bits per heavy atom. The number of rotatable bonds is 1. The second kappa shape index (κ2) is 3.60. The second-order valence-corrected chi connectivity index (χ2v) is 3.35. The van der Waals surface area contributed by atoms with E-state index in [1.165, 1.54) is 12.0 Å². The molecule has 0 spiro atoms. The van der Waals surface area contributed by atoms with Crippen LogP contribution in [-0.4, -0.2) is 30.9 Å². The zero-order valence-corrected chi connectivity index (χ0v) is 7.90. The van der Waals surface area contributed by atoms with E-state index in [0.29, 0.717) is 0 Å². The smallest absolute Gasteiger partial charge is 0.130 e. The van der Waals surface area contributed by atoms with Crippen molar-refractivity contribution in [3.63, 3.8) is 0 Å². The first kappa shape index (κ1) is 8.30. The summed E-state index contributed by atoms with van der Waals surface area (Å²) in [5, 5.41) is 0. The molecule has 68 valence electrons. The molecule has 2 rings (SSSR count). The number of hydrogen-bond donors (Lipinski definition) is 0. The molecule has 2 heteroatoms. The summed E-state index contributed by atoms with van der Waals surface area (Å²) in [6.07, 6.45) is 1.17. The molecule has 0 aliphatic carbocycles. The maximum atomic E-state index is 4.52. The quantitative estimate of drug-likeness (QED) is 0.633. The Bertz CT molecular complexity index is 303. The van der Waals surface area contributed by atoms with Gasteiger partial charge in [0, 0.05) is 25.7 Å². The maximum absolute atomic E-state index is 4.52. The standard InChI is InChI=1S/C11H14N2/c1-13-9-5-8-12-11(13)10-6-3-2-4-7-10/h2-4,6-7H,5,8-9H2,1H3. The molecule has 13 heavy (non-hydrogen) atoms. The topological polar surface area (TPSA) is 15.6 Å². The molecule has 0 atom stereocenters. The maximum Gasteiger partial charge on any atom is 0.130 e. The van der Waals surface area contributed by atoms with E-state index in [1.807, 2.05) is 6.07 Å². The zero-order chi connectivity index (χ0) is 9.10. The summed E-state index contributed by atoms with van der Waals surface area (Å²) >= 11 is 0. The van der Waals surface area contributed by atoms with E-state index in [1.54, 1.807) is 0 Å². The molecular formula is C11H14N2. The van der Waals surface area contributed by atoms with Crippen molar-refractivity contribution in [1.82, 2.24) is 4.90 Å². The molecule has 0 N–H and O–H groups in total. The summed E-state index contributed by atoms with van der Waals surface area (Å²) in [5.74, 6) is 1.13. The van der Waals surface area contributed by atoms with Gasteiger partial charge in [0.1, 0.15) is 5.84 Å². The molecule has 1 aliphatic heterocycles. The Morgan fingerprint density at radius 3 is 2.69 bits per heavy atom. The van der Waals surface area contributed by atoms with Crippen molar-refractivity contribution in [1.29, 1.82) is 0 Å². The molecule has 0 saturated heterocycles. The Morgan fingerprint density at radius 1 is 1.23 bits per heavy atom. The molecule has 1 aromatic carbocycles. The largest absolute Gasteiger partial charge is 0.359 e. The molecule has 1 aromatic rings. The van der Waals surface area contributed by atoms with Gasteiger partial charge in [-0.05, 0) is 6.42 Å². The Balaban J connectivity index is 2.30. The number of nitrogens with zero attached hydrogens (tertiary/aromatic N) is 2. The molecular weight excluding hydrogens is 160 g/mol. The van der Waals surface area contributed by atoms with Crippen molar-refractivity contribution < 1.29 is 0 Å². The van der Waals surface area contributed by atoms with Crippen LogP contribution in [0.1, 0.15) is 12.0 Å². The highest BCUT2D eigenvalue weighted by atomic mass is 15.2. The van der Waals surface area contributed by atoms with Crippen molar-refractivity contribution in [2.45, 2.75) is 6.42 Å². The zero-order valence-electron chi connectivity index (χ0n) is 7.90. The molecule has 0 fully saturated rings. The molecule has 1 aliphatic rings. The van der Waals surface area contributed by atoms with Crippen molar-refractivity contribution in [2.24, 2.45) is 4.99 Å². The third kappa shape index (κ3) is 1.72. The van der Waals surface area contributed by atoms with Gasteiger partial charge in [0.05, 0.1) is 0 Å². The first-order chi connectivity index (χ1) is 6.38. The van der Waals surface area contributed by atoms with Gasteiger partial charge >= 0.3 is 0 Å². The minimum Gasteiger partial charge on any atom is -0.359 e. The van der Waals surface area contributed by atoms with Crippen molar-refractivity contribution in [3.05, 3.63) is 35.9 Å². The summed E-state index contributed by atoms with van der Waals surface area (Å²) in [6, 6.07) is 10.4. The van der Waals surface area contributed by atoms with Crippen LogP contribution in [0.4, 0.5) is 0 Å². The first-order valence-electron chi connectivity index (χ1n) is 4.69. The van der Waals surface area contributed by atoms with Gasteiger partial charge in [-0.2, -0.15) is 0 Å². The molecule has 0 bridgehead atoms. The van der Waals surface area contributed by atoms with E-state index in [9.17, 15) is 0 Å². The summed E-state index contributed by atoms with van der Waals surface area (Å²) in [4.78, 5) is 6.74. The average Bonchev–Trinajstić information content (AvgIpc) is 2.20. The Kier molecular flexibility index (Phi) is 2.30. The number of benzene rings is 1. The van der Waals surface area contributed by atoms with Crippen LogP contribution in [0.5, 0.6) is 0 Å². The van der Waals surface area contributed by atoms with Gasteiger partial charge in [-0.3, -0.25) is 4.99 Å². The molecule has 0 radical (unpaired) electrons. The predicted octanol–water partition coefficient (Wildman–Crippen LogP) is 1.77. The van der Waals surface area contributed by atoms with E-state index >= 15 is 0 Å². The van der Waals surface area contributed by atoms with Gasteiger partial charge in [-0.25, -0.2) is 0 Å². The lowest BCUT2D eigenvalue weighted by Gasteiger charge is -2.25. The van der Waals surface area contributed by atoms with Gasteiger partial charge in [0.25, 0.3) is 0 Å². The first-order valence-corrected chi connectivity index (χ1v) is 4.69. The molecule has 0 saturated carbocycles. The Labute approximate surface area is 78.9 Å². The SMILES string of the molecule is CN1CCCN=C1c1ccccc1. The number of amidine groups is 1. The summed E-state index contributed by atoms with van der Waals surface area (Å²) in [6.45, 7) is 2.09. The highest BCUT2D eigenvalue weighted by molar-refractivity contribution is 5.98. The monoisotopic (exact) mass is 174 g/mol. The van der Waals surface area contributed by atoms with Crippen molar-refractivity contribution in [3.8, 4) is 0 Å². The summed E-state index contributed by atoms with van der Waals surface area (Å²) < 4.78 is 0. The van der Waals surface area contributed by atoms with E-state index in [2.05, 4.69) is 41.2 Å². The van der Waals surface area contributed by atoms with Crippen LogP contribution in [0, 0.1) is 0 Å². The lowest BCUT2D eigenvalue weighted by molar-refractivity contribution is 0.468. The minimum absolute atomic E-state index is 0.967. The fourth-order valence-electron chi connectivity index (χ4n) is 1.62. The van der Waals surface area contributed by atoms with E-state index < -0.39 is 0 Å². The van der Waals surface area contributed by atoms with Crippen LogP contribution in [0.25, 0.3) is 0 Å². The third-order valence-corrected chi connectivity index (χ3v) is 2.31. The molecule has 0 unspecified atom stereocenters. The van der Waals surface area contributed by atoms with Gasteiger partial charge in [0.15, 0.2) is 0 Å². The van der Waals surface area contributed by atoms with Gasteiger partial charge in [-0.15, -0.1) is 0 Å². The van der Waals surface area contributed by atoms with Crippen LogP contribution >= 0.6 is 0 Å². The molecule has 0 aromatic heterocycles. The fraction of sp³-hybridized carbons (Fsp3) is 0.364. The lowest BCUT2D eigenvalue weighted by Crippen LogP contribution is -2.32. The van der Waals surface area contributed by atoms with Crippen LogP contribution in [-0.2, 0) is 0 Å². The Hall–Kier alpha value is -1.31. The third-order valence-electron chi connectivity index (χ3n) is 2.31. The van der Waals surface area contributed by atoms with Gasteiger partial charge in [-0.1, -0.05) is 30.3 Å². The normalized spacial score (nSPS) is 17.0. The predicted molar refractivity (Wildman–Crippen MR) is 55.1 cm³/mol. The number of hydrogen-bond acceptors (Lipinski definition) is 2. The van der Waals surface area contributed by atoms with Crippen LogP contribution in [0.15, 0.2) is 35.3 Å². The fourth-order valence-corrected chi connectivity index (χ4v) is 1.62. The second-order valence-electron chi connectivity index (χ2n) is 3.35. The van der Waals surface area contributed by atoms with Crippen LogP contribution in [0.3, 0.4) is 0 Å². The minimum atomic E-state index is 0.967. The van der Waals surface area contributed by atoms with Crippen LogP contribution < -0.4 is 0 Å². The highest BCUT2D eigenvalue weighted by Crippen LogP contribution is 2.08. The van der Waals surface area contributed by atoms with Crippen LogP contribution in [0.2, 0.25) is 0 Å². The average molecular weight is 174 g/mol. The summed E-state index contributed by atoms with van der Waals surface area (Å²) in [7, 11) is 2.10. The van der Waals surface area contributed by atoms with Gasteiger partial charge < -0.3 is 4.90 Å². The number of aliphatic imine (C=N–C) groups is 1. The molecule has 0 amide bonds.